The SMILES string of the molecule is CCCn1cc(C)nc1Nc1ccc(Cl)cc1Br. The van der Waals surface area contributed by atoms with E-state index in [1.165, 1.54) is 0 Å². The van der Waals surface area contributed by atoms with Gasteiger partial charge in [-0.1, -0.05) is 18.5 Å². The van der Waals surface area contributed by atoms with Gasteiger partial charge >= 0.3 is 0 Å². The number of nitrogens with zero attached hydrogens (tertiary/aromatic N) is 2. The highest BCUT2D eigenvalue weighted by molar-refractivity contribution is 9.10. The first kappa shape index (κ1) is 13.4. The maximum Gasteiger partial charge on any atom is 0.207 e. The summed E-state index contributed by atoms with van der Waals surface area (Å²) < 4.78 is 3.05. The lowest BCUT2D eigenvalue weighted by molar-refractivity contribution is 0.686. The number of benzene rings is 1. The zero-order valence-corrected chi connectivity index (χ0v) is 12.7. The molecule has 0 fully saturated rings. The molecule has 0 atom stereocenters. The van der Waals surface area contributed by atoms with Crippen LogP contribution in [0.5, 0.6) is 0 Å². The second-order valence-corrected chi connectivity index (χ2v) is 5.44. The molecule has 2 rings (SSSR count). The summed E-state index contributed by atoms with van der Waals surface area (Å²) >= 11 is 9.42. The average molecular weight is 329 g/mol. The molecule has 18 heavy (non-hydrogen) atoms. The van der Waals surface area contributed by atoms with Crippen LogP contribution in [-0.4, -0.2) is 9.55 Å². The number of imidazole rings is 1. The van der Waals surface area contributed by atoms with Gasteiger partial charge < -0.3 is 9.88 Å². The van der Waals surface area contributed by atoms with Crippen LogP contribution in [0, 0.1) is 6.92 Å². The van der Waals surface area contributed by atoms with Crippen molar-refractivity contribution in [2.45, 2.75) is 26.8 Å². The molecule has 0 aliphatic carbocycles. The van der Waals surface area contributed by atoms with Crippen molar-refractivity contribution in [2.75, 3.05) is 5.32 Å². The Morgan fingerprint density at radius 2 is 2.22 bits per heavy atom. The summed E-state index contributed by atoms with van der Waals surface area (Å²) in [4.78, 5) is 4.49. The third-order valence-electron chi connectivity index (χ3n) is 2.54. The highest BCUT2D eigenvalue weighted by Crippen LogP contribution is 2.28. The fourth-order valence-corrected chi connectivity index (χ4v) is 2.55. The lowest BCUT2D eigenvalue weighted by Crippen LogP contribution is -2.03. The Hall–Kier alpha value is -1.000. The molecule has 96 valence electrons. The molecule has 2 aromatic rings. The van der Waals surface area contributed by atoms with Crippen LogP contribution in [-0.2, 0) is 6.54 Å². The Kier molecular flexibility index (Phi) is 4.30. The maximum atomic E-state index is 5.93. The topological polar surface area (TPSA) is 29.9 Å². The van der Waals surface area contributed by atoms with E-state index >= 15 is 0 Å². The molecule has 3 nitrogen and oxygen atoms in total. The molecule has 0 saturated carbocycles. The second-order valence-electron chi connectivity index (χ2n) is 4.15. The third-order valence-corrected chi connectivity index (χ3v) is 3.43. The fourth-order valence-electron chi connectivity index (χ4n) is 1.77. The van der Waals surface area contributed by atoms with Crippen LogP contribution in [0.15, 0.2) is 28.9 Å². The molecule has 0 radical (unpaired) electrons. The molecule has 1 heterocycles. The molecule has 5 heteroatoms. The van der Waals surface area contributed by atoms with Crippen LogP contribution < -0.4 is 5.32 Å². The maximum absolute atomic E-state index is 5.93. The molecule has 1 aromatic heterocycles. The van der Waals surface area contributed by atoms with Gasteiger partial charge in [0.2, 0.25) is 5.95 Å². The van der Waals surface area contributed by atoms with Gasteiger partial charge in [0.1, 0.15) is 0 Å². The average Bonchev–Trinajstić information content (AvgIpc) is 2.64. The van der Waals surface area contributed by atoms with Crippen LogP contribution in [0.3, 0.4) is 0 Å². The van der Waals surface area contributed by atoms with Crippen LogP contribution in [0.25, 0.3) is 0 Å². The fraction of sp³-hybridized carbons (Fsp3) is 0.308. The number of hydrogen-bond donors (Lipinski definition) is 1. The molecule has 0 aliphatic heterocycles. The van der Waals surface area contributed by atoms with E-state index in [1.54, 1.807) is 0 Å². The Balaban J connectivity index is 2.27. The zero-order valence-electron chi connectivity index (χ0n) is 10.4. The molecule has 1 aromatic carbocycles. The van der Waals surface area contributed by atoms with Gasteiger partial charge in [0, 0.05) is 22.2 Å². The van der Waals surface area contributed by atoms with Crippen molar-refractivity contribution in [2.24, 2.45) is 0 Å². The van der Waals surface area contributed by atoms with Crippen molar-refractivity contribution < 1.29 is 0 Å². The molecular weight excluding hydrogens is 314 g/mol. The molecule has 0 bridgehead atoms. The van der Waals surface area contributed by atoms with Crippen molar-refractivity contribution in [3.05, 3.63) is 39.6 Å². The molecule has 0 unspecified atom stereocenters. The predicted octanol–water partition coefficient (Wildman–Crippen LogP) is 4.76. The second kappa shape index (κ2) is 5.76. The number of aryl methyl sites for hydroxylation is 2. The van der Waals surface area contributed by atoms with Crippen LogP contribution >= 0.6 is 27.5 Å². The summed E-state index contributed by atoms with van der Waals surface area (Å²) in [7, 11) is 0. The predicted molar refractivity (Wildman–Crippen MR) is 79.7 cm³/mol. The summed E-state index contributed by atoms with van der Waals surface area (Å²) in [6.45, 7) is 5.10. The van der Waals surface area contributed by atoms with E-state index in [1.807, 2.05) is 25.1 Å². The summed E-state index contributed by atoms with van der Waals surface area (Å²) in [5.74, 6) is 0.859. The first-order chi connectivity index (χ1) is 8.60. The monoisotopic (exact) mass is 327 g/mol. The number of aromatic nitrogens is 2. The van der Waals surface area contributed by atoms with Crippen molar-refractivity contribution in [3.8, 4) is 0 Å². The van der Waals surface area contributed by atoms with Crippen LogP contribution in [0.4, 0.5) is 11.6 Å². The number of rotatable bonds is 4. The number of nitrogens with one attached hydrogen (secondary N) is 1. The summed E-state index contributed by atoms with van der Waals surface area (Å²) in [6.07, 6.45) is 3.13. The van der Waals surface area contributed by atoms with E-state index in [0.29, 0.717) is 5.02 Å². The van der Waals surface area contributed by atoms with E-state index in [4.69, 9.17) is 11.6 Å². The quantitative estimate of drug-likeness (QED) is 0.877. The normalized spacial score (nSPS) is 10.7. The van der Waals surface area contributed by atoms with Gasteiger partial charge in [-0.25, -0.2) is 4.98 Å². The van der Waals surface area contributed by atoms with Gasteiger partial charge in [-0.2, -0.15) is 0 Å². The van der Waals surface area contributed by atoms with Gasteiger partial charge in [-0.15, -0.1) is 0 Å². The lowest BCUT2D eigenvalue weighted by atomic mass is 10.3. The molecular formula is C13H15BrClN3. The van der Waals surface area contributed by atoms with E-state index in [9.17, 15) is 0 Å². The molecule has 1 N–H and O–H groups in total. The highest BCUT2D eigenvalue weighted by atomic mass is 79.9. The largest absolute Gasteiger partial charge is 0.325 e. The summed E-state index contributed by atoms with van der Waals surface area (Å²) in [5, 5.41) is 4.03. The minimum Gasteiger partial charge on any atom is -0.325 e. The van der Waals surface area contributed by atoms with E-state index in [0.717, 1.165) is 34.8 Å². The van der Waals surface area contributed by atoms with Crippen LogP contribution in [0.2, 0.25) is 5.02 Å². The molecule has 0 amide bonds. The number of anilines is 2. The Labute approximate surface area is 120 Å². The first-order valence-corrected chi connectivity index (χ1v) is 7.03. The Morgan fingerprint density at radius 1 is 1.44 bits per heavy atom. The van der Waals surface area contributed by atoms with E-state index < -0.39 is 0 Å². The summed E-state index contributed by atoms with van der Waals surface area (Å²) in [5.41, 5.74) is 1.97. The smallest absolute Gasteiger partial charge is 0.207 e. The first-order valence-electron chi connectivity index (χ1n) is 5.86. The Morgan fingerprint density at radius 3 is 2.89 bits per heavy atom. The van der Waals surface area contributed by atoms with E-state index in [2.05, 4.69) is 43.9 Å². The van der Waals surface area contributed by atoms with Gasteiger partial charge in [-0.05, 0) is 47.5 Å². The van der Waals surface area contributed by atoms with E-state index in [-0.39, 0.29) is 0 Å². The van der Waals surface area contributed by atoms with Crippen molar-refractivity contribution in [3.63, 3.8) is 0 Å². The minimum absolute atomic E-state index is 0.709. The van der Waals surface area contributed by atoms with Gasteiger partial charge in [0.15, 0.2) is 0 Å². The van der Waals surface area contributed by atoms with Crippen LogP contribution in [0.1, 0.15) is 19.0 Å². The van der Waals surface area contributed by atoms with Crippen molar-refractivity contribution in [1.29, 1.82) is 0 Å². The summed E-state index contributed by atoms with van der Waals surface area (Å²) in [6, 6.07) is 5.66. The highest BCUT2D eigenvalue weighted by Gasteiger charge is 2.07. The third kappa shape index (κ3) is 3.06. The molecule has 0 aliphatic rings. The zero-order chi connectivity index (χ0) is 13.1. The van der Waals surface area contributed by atoms with Gasteiger partial charge in [0.25, 0.3) is 0 Å². The number of halogens is 2. The van der Waals surface area contributed by atoms with Gasteiger partial charge in [-0.3, -0.25) is 0 Å². The number of hydrogen-bond acceptors (Lipinski definition) is 2. The Bertz CT molecular complexity index is 551. The van der Waals surface area contributed by atoms with Crippen molar-refractivity contribution in [1.82, 2.24) is 9.55 Å². The lowest BCUT2D eigenvalue weighted by Gasteiger charge is -2.10. The van der Waals surface area contributed by atoms with Gasteiger partial charge in [0.05, 0.1) is 11.4 Å². The van der Waals surface area contributed by atoms with Crippen molar-refractivity contribution >= 4 is 39.2 Å². The standard InChI is InChI=1S/C13H15BrClN3/c1-3-6-18-8-9(2)16-13(18)17-12-5-4-10(15)7-11(12)14/h4-5,7-8H,3,6H2,1-2H3,(H,16,17). The minimum atomic E-state index is 0.709. The molecule has 0 spiro atoms. The molecule has 0 saturated heterocycles.